The van der Waals surface area contributed by atoms with Crippen molar-refractivity contribution in [2.45, 2.75) is 43.5 Å². The highest BCUT2D eigenvalue weighted by Crippen LogP contribution is 2.35. The van der Waals surface area contributed by atoms with Gasteiger partial charge in [0.15, 0.2) is 5.82 Å². The molecular weight excluding hydrogens is 420 g/mol. The molecule has 1 fully saturated rings. The van der Waals surface area contributed by atoms with Crippen LogP contribution in [0.4, 0.5) is 0 Å². The minimum atomic E-state index is -3.46. The number of hydrogen-bond acceptors (Lipinski definition) is 3. The van der Waals surface area contributed by atoms with Crippen LogP contribution in [0.1, 0.15) is 31.2 Å². The Bertz CT molecular complexity index is 1400. The maximum absolute atomic E-state index is 13.1. The highest BCUT2D eigenvalue weighted by Gasteiger charge is 2.28. The van der Waals surface area contributed by atoms with Crippen molar-refractivity contribution in [2.24, 2.45) is 0 Å². The first-order valence-electron chi connectivity index (χ1n) is 11.4. The predicted molar refractivity (Wildman–Crippen MR) is 125 cm³/mol. The summed E-state index contributed by atoms with van der Waals surface area (Å²) in [6.07, 6.45) is 7.21. The summed E-state index contributed by atoms with van der Waals surface area (Å²) in [5, 5.41) is 4.93. The summed E-state index contributed by atoms with van der Waals surface area (Å²) in [6, 6.07) is 17.8. The SMILES string of the molecule is O=S(=O)(c1cccc(-c2nn3cc(-c4ccccc4)c4c3n2CCCC4)c1)N1CCCC1. The molecule has 164 valence electrons. The van der Waals surface area contributed by atoms with E-state index in [9.17, 15) is 8.42 Å². The number of nitrogens with zero attached hydrogens (tertiary/aromatic N) is 4. The Morgan fingerprint density at radius 2 is 1.56 bits per heavy atom. The van der Waals surface area contributed by atoms with E-state index in [1.54, 1.807) is 16.4 Å². The number of benzene rings is 2. The van der Waals surface area contributed by atoms with Crippen LogP contribution in [-0.2, 0) is 23.0 Å². The molecule has 0 saturated carbocycles. The Morgan fingerprint density at radius 1 is 0.812 bits per heavy atom. The Morgan fingerprint density at radius 3 is 2.38 bits per heavy atom. The van der Waals surface area contributed by atoms with E-state index >= 15 is 0 Å². The first kappa shape index (κ1) is 19.8. The lowest BCUT2D eigenvalue weighted by Crippen LogP contribution is -2.27. The van der Waals surface area contributed by atoms with Gasteiger partial charge >= 0.3 is 0 Å². The quantitative estimate of drug-likeness (QED) is 0.461. The second-order valence-corrected chi connectivity index (χ2v) is 10.7. The van der Waals surface area contributed by atoms with Crippen molar-refractivity contribution in [1.82, 2.24) is 18.5 Å². The van der Waals surface area contributed by atoms with Crippen molar-refractivity contribution in [3.63, 3.8) is 0 Å². The highest BCUT2D eigenvalue weighted by atomic mass is 32.2. The second-order valence-electron chi connectivity index (χ2n) is 8.73. The van der Waals surface area contributed by atoms with Crippen molar-refractivity contribution in [2.75, 3.05) is 13.1 Å². The molecule has 6 rings (SSSR count). The largest absolute Gasteiger partial charge is 0.309 e. The lowest BCUT2D eigenvalue weighted by atomic mass is 10.0. The van der Waals surface area contributed by atoms with Crippen LogP contribution in [0.15, 0.2) is 65.7 Å². The molecule has 32 heavy (non-hydrogen) atoms. The molecule has 4 aromatic rings. The van der Waals surface area contributed by atoms with Crippen LogP contribution in [0.3, 0.4) is 0 Å². The van der Waals surface area contributed by atoms with Gasteiger partial charge in [0.1, 0.15) is 5.65 Å². The zero-order valence-electron chi connectivity index (χ0n) is 17.9. The molecule has 2 aromatic heterocycles. The van der Waals surface area contributed by atoms with Gasteiger partial charge < -0.3 is 4.57 Å². The van der Waals surface area contributed by atoms with Gasteiger partial charge in [0.05, 0.1) is 4.90 Å². The maximum Gasteiger partial charge on any atom is 0.243 e. The number of sulfonamides is 1. The lowest BCUT2D eigenvalue weighted by Gasteiger charge is -2.16. The number of aromatic nitrogens is 3. The van der Waals surface area contributed by atoms with E-state index < -0.39 is 10.0 Å². The lowest BCUT2D eigenvalue weighted by molar-refractivity contribution is 0.477. The van der Waals surface area contributed by atoms with Crippen molar-refractivity contribution < 1.29 is 8.42 Å². The van der Waals surface area contributed by atoms with Crippen LogP contribution in [0.2, 0.25) is 0 Å². The normalized spacial score (nSPS) is 17.1. The van der Waals surface area contributed by atoms with E-state index in [1.807, 2.05) is 22.7 Å². The standard InChI is InChI=1S/C25H26N4O2S/c30-32(31,27-14-6-7-15-27)21-12-8-11-20(17-21)24-26-29-18-23(19-9-2-1-3-10-19)22-13-4-5-16-28(24)25(22)29/h1-3,8-12,17-18H,4-7,13-16H2. The molecule has 2 aliphatic heterocycles. The van der Waals surface area contributed by atoms with Gasteiger partial charge in [0.25, 0.3) is 0 Å². The van der Waals surface area contributed by atoms with Crippen LogP contribution in [0.25, 0.3) is 28.2 Å². The molecule has 0 amide bonds. The van der Waals surface area contributed by atoms with Gasteiger partial charge in [-0.1, -0.05) is 42.5 Å². The number of hydrogen-bond donors (Lipinski definition) is 0. The monoisotopic (exact) mass is 446 g/mol. The summed E-state index contributed by atoms with van der Waals surface area (Å²) in [5.41, 5.74) is 5.75. The molecule has 0 aliphatic carbocycles. The van der Waals surface area contributed by atoms with E-state index in [-0.39, 0.29) is 0 Å². The molecule has 2 aliphatic rings. The minimum absolute atomic E-state index is 0.358. The molecule has 0 spiro atoms. The molecule has 0 bridgehead atoms. The fourth-order valence-corrected chi connectivity index (χ4v) is 6.69. The third kappa shape index (κ3) is 3.11. The molecule has 4 heterocycles. The third-order valence-electron chi connectivity index (χ3n) is 6.72. The molecule has 7 heteroatoms. The number of rotatable bonds is 4. The van der Waals surface area contributed by atoms with Crippen LogP contribution < -0.4 is 0 Å². The van der Waals surface area contributed by atoms with E-state index in [4.69, 9.17) is 5.10 Å². The molecule has 2 aromatic carbocycles. The van der Waals surface area contributed by atoms with E-state index in [0.717, 1.165) is 55.7 Å². The van der Waals surface area contributed by atoms with Crippen LogP contribution in [-0.4, -0.2) is 40.0 Å². The predicted octanol–water partition coefficient (Wildman–Crippen LogP) is 4.59. The summed E-state index contributed by atoms with van der Waals surface area (Å²) >= 11 is 0. The number of aryl methyl sites for hydroxylation is 2. The minimum Gasteiger partial charge on any atom is -0.309 e. The molecule has 1 saturated heterocycles. The first-order valence-corrected chi connectivity index (χ1v) is 12.8. The van der Waals surface area contributed by atoms with Crippen molar-refractivity contribution in [3.05, 3.63) is 66.4 Å². The summed E-state index contributed by atoms with van der Waals surface area (Å²) in [5.74, 6) is 0.834. The van der Waals surface area contributed by atoms with Gasteiger partial charge in [-0.15, -0.1) is 5.10 Å². The van der Waals surface area contributed by atoms with Crippen LogP contribution in [0.5, 0.6) is 0 Å². The Balaban J connectivity index is 1.48. The average molecular weight is 447 g/mol. The molecule has 0 radical (unpaired) electrons. The third-order valence-corrected chi connectivity index (χ3v) is 8.61. The van der Waals surface area contributed by atoms with Gasteiger partial charge in [-0.05, 0) is 49.8 Å². The summed E-state index contributed by atoms with van der Waals surface area (Å²) < 4.78 is 32.1. The van der Waals surface area contributed by atoms with E-state index in [0.29, 0.717) is 18.0 Å². The Labute approximate surface area is 188 Å². The van der Waals surface area contributed by atoms with Gasteiger partial charge in [-0.3, -0.25) is 0 Å². The molecule has 0 N–H and O–H groups in total. The summed E-state index contributed by atoms with van der Waals surface area (Å²) in [7, 11) is -3.46. The van der Waals surface area contributed by atoms with E-state index in [1.165, 1.54) is 16.7 Å². The van der Waals surface area contributed by atoms with Crippen molar-refractivity contribution in [3.8, 4) is 22.5 Å². The first-order chi connectivity index (χ1) is 15.6. The zero-order chi connectivity index (χ0) is 21.7. The van der Waals surface area contributed by atoms with E-state index in [2.05, 4.69) is 35.0 Å². The van der Waals surface area contributed by atoms with Gasteiger partial charge in [0.2, 0.25) is 10.0 Å². The fraction of sp³-hybridized carbons (Fsp3) is 0.320. The summed E-state index contributed by atoms with van der Waals surface area (Å²) in [6.45, 7) is 2.10. The molecule has 0 atom stereocenters. The molecule has 6 nitrogen and oxygen atoms in total. The topological polar surface area (TPSA) is 59.6 Å². The Hall–Kier alpha value is -2.90. The van der Waals surface area contributed by atoms with Crippen LogP contribution >= 0.6 is 0 Å². The Kier molecular flexibility index (Phi) is 4.69. The second kappa shape index (κ2) is 7.60. The maximum atomic E-state index is 13.1. The van der Waals surface area contributed by atoms with Crippen LogP contribution in [0, 0.1) is 0 Å². The fourth-order valence-electron chi connectivity index (χ4n) is 5.12. The average Bonchev–Trinajstić information content (AvgIpc) is 3.52. The zero-order valence-corrected chi connectivity index (χ0v) is 18.8. The highest BCUT2D eigenvalue weighted by molar-refractivity contribution is 7.89. The van der Waals surface area contributed by atoms with Crippen molar-refractivity contribution in [1.29, 1.82) is 0 Å². The summed E-state index contributed by atoms with van der Waals surface area (Å²) in [4.78, 5) is 0.358. The smallest absolute Gasteiger partial charge is 0.243 e. The van der Waals surface area contributed by atoms with Crippen molar-refractivity contribution >= 4 is 15.7 Å². The van der Waals surface area contributed by atoms with Gasteiger partial charge in [-0.2, -0.15) is 4.31 Å². The molecular formula is C25H26N4O2S. The molecule has 0 unspecified atom stereocenters. The van der Waals surface area contributed by atoms with Gasteiger partial charge in [0, 0.05) is 42.5 Å². The van der Waals surface area contributed by atoms with Gasteiger partial charge in [-0.25, -0.2) is 12.9 Å².